The minimum absolute atomic E-state index is 0.225. The van der Waals surface area contributed by atoms with Crippen LogP contribution in [0, 0.1) is 5.92 Å². The number of hydrogen-bond acceptors (Lipinski definition) is 5. The predicted octanol–water partition coefficient (Wildman–Crippen LogP) is 3.96. The molecule has 1 N–H and O–H groups in total. The molecule has 2 fully saturated rings. The highest BCUT2D eigenvalue weighted by atomic mass is 16.1. The lowest BCUT2D eigenvalue weighted by molar-refractivity contribution is 0.102. The van der Waals surface area contributed by atoms with Crippen molar-refractivity contribution in [2.45, 2.75) is 39.0 Å². The molecule has 3 heterocycles. The first-order chi connectivity index (χ1) is 13.7. The van der Waals surface area contributed by atoms with E-state index in [1.807, 2.05) is 18.2 Å². The molecule has 148 valence electrons. The molecule has 6 heteroatoms. The first kappa shape index (κ1) is 18.7. The SMILES string of the molecule is CC1CCN(c2ccc(C(=O)Nc3ccc(N4CCCCC4)cc3)nn2)CC1. The normalized spacial score (nSPS) is 18.2. The summed E-state index contributed by atoms with van der Waals surface area (Å²) in [5, 5.41) is 11.3. The number of benzene rings is 1. The van der Waals surface area contributed by atoms with Crippen molar-refractivity contribution in [2.75, 3.05) is 41.3 Å². The topological polar surface area (TPSA) is 61.4 Å². The van der Waals surface area contributed by atoms with E-state index in [1.165, 1.54) is 37.8 Å². The highest BCUT2D eigenvalue weighted by molar-refractivity contribution is 6.02. The molecule has 1 amide bonds. The average Bonchev–Trinajstić information content (AvgIpc) is 2.75. The second-order valence-electron chi connectivity index (χ2n) is 8.00. The standard InChI is InChI=1S/C22H29N5O/c1-17-11-15-27(16-12-17)21-10-9-20(24-25-21)22(28)23-18-5-7-19(8-6-18)26-13-3-2-4-14-26/h5-10,17H,2-4,11-16H2,1H3,(H,23,28). The molecule has 0 radical (unpaired) electrons. The maximum Gasteiger partial charge on any atom is 0.276 e. The summed E-state index contributed by atoms with van der Waals surface area (Å²) in [6.45, 7) is 6.53. The number of carbonyl (C=O) groups is 1. The van der Waals surface area contributed by atoms with Gasteiger partial charge < -0.3 is 15.1 Å². The molecule has 0 spiro atoms. The molecule has 6 nitrogen and oxygen atoms in total. The molecule has 2 aliphatic heterocycles. The highest BCUT2D eigenvalue weighted by Crippen LogP contribution is 2.23. The average molecular weight is 380 g/mol. The number of hydrogen-bond donors (Lipinski definition) is 1. The van der Waals surface area contributed by atoms with Gasteiger partial charge in [-0.05, 0) is 74.4 Å². The van der Waals surface area contributed by atoms with E-state index < -0.39 is 0 Å². The van der Waals surface area contributed by atoms with E-state index in [2.05, 4.69) is 44.4 Å². The van der Waals surface area contributed by atoms with Crippen molar-refractivity contribution in [1.29, 1.82) is 0 Å². The summed E-state index contributed by atoms with van der Waals surface area (Å²) in [5.41, 5.74) is 2.34. The van der Waals surface area contributed by atoms with Crippen molar-refractivity contribution >= 4 is 23.1 Å². The lowest BCUT2D eigenvalue weighted by atomic mass is 9.99. The summed E-state index contributed by atoms with van der Waals surface area (Å²) in [4.78, 5) is 17.1. The van der Waals surface area contributed by atoms with E-state index in [9.17, 15) is 4.79 Å². The van der Waals surface area contributed by atoms with Crippen molar-refractivity contribution in [1.82, 2.24) is 10.2 Å². The Morgan fingerprint density at radius 3 is 2.25 bits per heavy atom. The van der Waals surface area contributed by atoms with E-state index in [0.717, 1.165) is 43.6 Å². The van der Waals surface area contributed by atoms with Crippen LogP contribution in [0.1, 0.15) is 49.5 Å². The van der Waals surface area contributed by atoms with Crippen LogP contribution in [0.5, 0.6) is 0 Å². The molecule has 2 aromatic rings. The molecule has 4 rings (SSSR count). The molecule has 28 heavy (non-hydrogen) atoms. The summed E-state index contributed by atoms with van der Waals surface area (Å²) in [6.07, 6.45) is 6.18. The van der Waals surface area contributed by atoms with Crippen LogP contribution in [0.15, 0.2) is 36.4 Å². The molecule has 2 saturated heterocycles. The molecular weight excluding hydrogens is 350 g/mol. The number of anilines is 3. The monoisotopic (exact) mass is 379 g/mol. The number of amides is 1. The summed E-state index contributed by atoms with van der Waals surface area (Å²) < 4.78 is 0. The van der Waals surface area contributed by atoms with E-state index in [4.69, 9.17) is 0 Å². The third-order valence-corrected chi connectivity index (χ3v) is 5.84. The molecule has 0 atom stereocenters. The number of piperidine rings is 2. The molecule has 0 saturated carbocycles. The van der Waals surface area contributed by atoms with Gasteiger partial charge in [0.25, 0.3) is 5.91 Å². The Kier molecular flexibility index (Phi) is 5.74. The smallest absolute Gasteiger partial charge is 0.276 e. The first-order valence-corrected chi connectivity index (χ1v) is 10.4. The van der Waals surface area contributed by atoms with Crippen LogP contribution in [-0.2, 0) is 0 Å². The largest absolute Gasteiger partial charge is 0.372 e. The van der Waals surface area contributed by atoms with Gasteiger partial charge in [0.05, 0.1) is 0 Å². The maximum absolute atomic E-state index is 12.5. The Balaban J connectivity index is 1.35. The van der Waals surface area contributed by atoms with Crippen LogP contribution < -0.4 is 15.1 Å². The van der Waals surface area contributed by atoms with Crippen molar-refractivity contribution in [2.24, 2.45) is 5.92 Å². The molecule has 1 aromatic heterocycles. The van der Waals surface area contributed by atoms with Gasteiger partial charge in [-0.3, -0.25) is 4.79 Å². The summed E-state index contributed by atoms with van der Waals surface area (Å²) in [6, 6.07) is 11.7. The van der Waals surface area contributed by atoms with Crippen LogP contribution in [0.4, 0.5) is 17.2 Å². The second-order valence-corrected chi connectivity index (χ2v) is 8.00. The lowest BCUT2D eigenvalue weighted by Gasteiger charge is -2.30. The Bertz CT molecular complexity index is 776. The zero-order valence-electron chi connectivity index (χ0n) is 16.6. The van der Waals surface area contributed by atoms with Crippen LogP contribution in [0.25, 0.3) is 0 Å². The van der Waals surface area contributed by atoms with Gasteiger partial charge in [0.1, 0.15) is 0 Å². The Labute approximate surface area is 166 Å². The van der Waals surface area contributed by atoms with E-state index in [-0.39, 0.29) is 5.91 Å². The summed E-state index contributed by atoms with van der Waals surface area (Å²) >= 11 is 0. The van der Waals surface area contributed by atoms with Gasteiger partial charge in [-0.1, -0.05) is 6.92 Å². The third-order valence-electron chi connectivity index (χ3n) is 5.84. The lowest BCUT2D eigenvalue weighted by Crippen LogP contribution is -2.33. The third kappa shape index (κ3) is 4.43. The minimum atomic E-state index is -0.225. The Morgan fingerprint density at radius 1 is 0.893 bits per heavy atom. The minimum Gasteiger partial charge on any atom is -0.372 e. The van der Waals surface area contributed by atoms with Gasteiger partial charge in [-0.15, -0.1) is 10.2 Å². The zero-order valence-corrected chi connectivity index (χ0v) is 16.6. The van der Waals surface area contributed by atoms with Gasteiger partial charge in [0.2, 0.25) is 0 Å². The number of carbonyl (C=O) groups excluding carboxylic acids is 1. The molecule has 0 bridgehead atoms. The van der Waals surface area contributed by atoms with Gasteiger partial charge in [0, 0.05) is 37.6 Å². The molecule has 2 aliphatic rings. The van der Waals surface area contributed by atoms with Crippen LogP contribution in [0.3, 0.4) is 0 Å². The van der Waals surface area contributed by atoms with Crippen molar-refractivity contribution in [3.8, 4) is 0 Å². The van der Waals surface area contributed by atoms with Crippen molar-refractivity contribution < 1.29 is 4.79 Å². The number of aromatic nitrogens is 2. The maximum atomic E-state index is 12.5. The fourth-order valence-electron chi connectivity index (χ4n) is 3.96. The molecule has 0 unspecified atom stereocenters. The van der Waals surface area contributed by atoms with Gasteiger partial charge >= 0.3 is 0 Å². The van der Waals surface area contributed by atoms with Crippen molar-refractivity contribution in [3.05, 3.63) is 42.1 Å². The fourth-order valence-corrected chi connectivity index (χ4v) is 3.96. The highest BCUT2D eigenvalue weighted by Gasteiger charge is 2.18. The second kappa shape index (κ2) is 8.59. The number of nitrogens with zero attached hydrogens (tertiary/aromatic N) is 4. The first-order valence-electron chi connectivity index (χ1n) is 10.4. The van der Waals surface area contributed by atoms with Crippen molar-refractivity contribution in [3.63, 3.8) is 0 Å². The van der Waals surface area contributed by atoms with E-state index in [1.54, 1.807) is 6.07 Å². The zero-order chi connectivity index (χ0) is 19.3. The van der Waals surface area contributed by atoms with Crippen LogP contribution in [0.2, 0.25) is 0 Å². The van der Waals surface area contributed by atoms with Gasteiger partial charge in [-0.2, -0.15) is 0 Å². The summed E-state index contributed by atoms with van der Waals surface area (Å²) in [7, 11) is 0. The predicted molar refractivity (Wildman–Crippen MR) is 113 cm³/mol. The molecular formula is C22H29N5O. The van der Waals surface area contributed by atoms with Crippen LogP contribution in [-0.4, -0.2) is 42.3 Å². The fraction of sp³-hybridized carbons (Fsp3) is 0.500. The summed E-state index contributed by atoms with van der Waals surface area (Å²) in [5.74, 6) is 1.40. The van der Waals surface area contributed by atoms with Crippen LogP contribution >= 0.6 is 0 Å². The van der Waals surface area contributed by atoms with Gasteiger partial charge in [0.15, 0.2) is 11.5 Å². The number of nitrogens with one attached hydrogen (secondary N) is 1. The molecule has 0 aliphatic carbocycles. The quantitative estimate of drug-likeness (QED) is 0.871. The Morgan fingerprint density at radius 2 is 1.61 bits per heavy atom. The van der Waals surface area contributed by atoms with E-state index >= 15 is 0 Å². The number of rotatable bonds is 4. The van der Waals surface area contributed by atoms with E-state index in [0.29, 0.717) is 5.69 Å². The van der Waals surface area contributed by atoms with Gasteiger partial charge in [-0.25, -0.2) is 0 Å². The molecule has 1 aromatic carbocycles. The Hall–Kier alpha value is -2.63.